The second-order valence-corrected chi connectivity index (χ2v) is 2.67. The van der Waals surface area contributed by atoms with E-state index in [1.807, 2.05) is 13.8 Å². The van der Waals surface area contributed by atoms with Crippen LogP contribution >= 0.6 is 0 Å². The first-order valence-electron chi connectivity index (χ1n) is 4.53. The summed E-state index contributed by atoms with van der Waals surface area (Å²) in [6.45, 7) is 7.31. The van der Waals surface area contributed by atoms with E-state index in [-0.39, 0.29) is 5.56 Å². The van der Waals surface area contributed by atoms with E-state index in [9.17, 15) is 9.18 Å². The Balaban J connectivity index is 0.000000791. The maximum absolute atomic E-state index is 13.1. The molecule has 0 radical (unpaired) electrons. The third-order valence-electron chi connectivity index (χ3n) is 1.89. The first-order chi connectivity index (χ1) is 6.54. The largest absolute Gasteiger partial charge is 0.478 e. The predicted molar refractivity (Wildman–Crippen MR) is 54.2 cm³/mol. The number of hydrogen-bond donors (Lipinski definition) is 1. The molecule has 78 valence electrons. The van der Waals surface area contributed by atoms with Crippen molar-refractivity contribution in [1.29, 1.82) is 0 Å². The van der Waals surface area contributed by atoms with E-state index in [1.165, 1.54) is 6.07 Å². The van der Waals surface area contributed by atoms with Crippen LogP contribution in [0.25, 0.3) is 0 Å². The molecule has 0 amide bonds. The average molecular weight is 198 g/mol. The molecule has 0 fully saturated rings. The molecule has 0 aliphatic carbocycles. The van der Waals surface area contributed by atoms with Gasteiger partial charge in [-0.1, -0.05) is 19.9 Å². The number of benzene rings is 1. The molecule has 0 aliphatic heterocycles. The van der Waals surface area contributed by atoms with Gasteiger partial charge in [0.15, 0.2) is 0 Å². The zero-order valence-corrected chi connectivity index (χ0v) is 8.89. The van der Waals surface area contributed by atoms with Crippen LogP contribution < -0.4 is 0 Å². The van der Waals surface area contributed by atoms with Gasteiger partial charge in [-0.05, 0) is 31.0 Å². The van der Waals surface area contributed by atoms with Gasteiger partial charge in [0.2, 0.25) is 0 Å². The summed E-state index contributed by atoms with van der Waals surface area (Å²) >= 11 is 0. The van der Waals surface area contributed by atoms with Gasteiger partial charge in [-0.3, -0.25) is 0 Å². The van der Waals surface area contributed by atoms with Gasteiger partial charge in [-0.2, -0.15) is 0 Å². The summed E-state index contributed by atoms with van der Waals surface area (Å²) in [6, 6.07) is 2.88. The molecular weight excluding hydrogens is 183 g/mol. The molecule has 2 nitrogen and oxygen atoms in total. The van der Waals surface area contributed by atoms with Crippen LogP contribution in [0.2, 0.25) is 0 Å². The van der Waals surface area contributed by atoms with Crippen LogP contribution in [0.4, 0.5) is 4.39 Å². The molecule has 0 saturated heterocycles. The third kappa shape index (κ3) is 2.55. The number of halogens is 1. The van der Waals surface area contributed by atoms with E-state index in [0.717, 1.165) is 5.56 Å². The molecule has 3 heteroatoms. The predicted octanol–water partition coefficient (Wildman–Crippen LogP) is 3.17. The number of rotatable bonds is 1. The Morgan fingerprint density at radius 3 is 2.21 bits per heavy atom. The van der Waals surface area contributed by atoms with Crippen molar-refractivity contribution in [2.75, 3.05) is 0 Å². The highest BCUT2D eigenvalue weighted by molar-refractivity contribution is 5.88. The van der Waals surface area contributed by atoms with Crippen LogP contribution in [-0.2, 0) is 0 Å². The Morgan fingerprint density at radius 2 is 1.79 bits per heavy atom. The lowest BCUT2D eigenvalue weighted by molar-refractivity contribution is 0.0691. The summed E-state index contributed by atoms with van der Waals surface area (Å²) in [7, 11) is 0. The van der Waals surface area contributed by atoms with E-state index in [4.69, 9.17) is 5.11 Å². The number of carbonyl (C=O) groups is 1. The zero-order chi connectivity index (χ0) is 11.3. The van der Waals surface area contributed by atoms with Crippen LogP contribution in [0, 0.1) is 19.7 Å². The highest BCUT2D eigenvalue weighted by atomic mass is 19.1. The van der Waals surface area contributed by atoms with Crippen LogP contribution in [0.15, 0.2) is 12.1 Å². The van der Waals surface area contributed by atoms with Crippen molar-refractivity contribution < 1.29 is 14.3 Å². The number of carboxylic acid groups (broad SMARTS) is 1. The van der Waals surface area contributed by atoms with Gasteiger partial charge >= 0.3 is 5.97 Å². The third-order valence-corrected chi connectivity index (χ3v) is 1.89. The lowest BCUT2D eigenvalue weighted by atomic mass is 10.1. The van der Waals surface area contributed by atoms with Crippen LogP contribution in [0.5, 0.6) is 0 Å². The first kappa shape index (κ1) is 12.6. The van der Waals surface area contributed by atoms with Crippen LogP contribution in [-0.4, -0.2) is 11.1 Å². The van der Waals surface area contributed by atoms with Crippen molar-refractivity contribution in [2.45, 2.75) is 27.7 Å². The van der Waals surface area contributed by atoms with E-state index >= 15 is 0 Å². The summed E-state index contributed by atoms with van der Waals surface area (Å²) in [5, 5.41) is 8.54. The van der Waals surface area contributed by atoms with Crippen LogP contribution in [0.1, 0.15) is 35.3 Å². The molecule has 14 heavy (non-hydrogen) atoms. The molecule has 0 atom stereocenters. The molecule has 1 N–H and O–H groups in total. The highest BCUT2D eigenvalue weighted by Crippen LogP contribution is 2.15. The summed E-state index contributed by atoms with van der Waals surface area (Å²) in [5.74, 6) is -1.86. The zero-order valence-electron chi connectivity index (χ0n) is 8.89. The Bertz CT molecular complexity index is 332. The smallest absolute Gasteiger partial charge is 0.338 e. The minimum absolute atomic E-state index is 0.266. The molecule has 0 heterocycles. The number of carboxylic acids is 1. The summed E-state index contributed by atoms with van der Waals surface area (Å²) in [6.07, 6.45) is 0. The fourth-order valence-corrected chi connectivity index (χ4v) is 0.947. The minimum atomic E-state index is -1.23. The van der Waals surface area contributed by atoms with Crippen molar-refractivity contribution in [3.63, 3.8) is 0 Å². The maximum atomic E-state index is 13.1. The molecule has 1 aromatic rings. The maximum Gasteiger partial charge on any atom is 0.338 e. The number of aryl methyl sites for hydroxylation is 1. The van der Waals surface area contributed by atoms with E-state index in [0.29, 0.717) is 5.56 Å². The molecule has 0 saturated carbocycles. The number of hydrogen-bond acceptors (Lipinski definition) is 1. The van der Waals surface area contributed by atoms with Crippen molar-refractivity contribution >= 4 is 5.97 Å². The van der Waals surface area contributed by atoms with Gasteiger partial charge in [-0.15, -0.1) is 0 Å². The van der Waals surface area contributed by atoms with Crippen LogP contribution in [0.3, 0.4) is 0 Å². The lowest BCUT2D eigenvalue weighted by Crippen LogP contribution is -2.02. The Labute approximate surface area is 83.4 Å². The molecule has 0 unspecified atom stereocenters. The Hall–Kier alpha value is -1.38. The van der Waals surface area contributed by atoms with Crippen molar-refractivity contribution in [1.82, 2.24) is 0 Å². The van der Waals surface area contributed by atoms with Crippen molar-refractivity contribution in [3.8, 4) is 0 Å². The van der Waals surface area contributed by atoms with Gasteiger partial charge in [0.05, 0.1) is 5.56 Å². The van der Waals surface area contributed by atoms with Crippen molar-refractivity contribution in [3.05, 3.63) is 34.6 Å². The normalized spacial score (nSPS) is 8.93. The molecular formula is C11H15FO2. The molecule has 0 bridgehead atoms. The Morgan fingerprint density at radius 1 is 1.29 bits per heavy atom. The number of aromatic carboxylic acids is 1. The summed E-state index contributed by atoms with van der Waals surface area (Å²) in [4.78, 5) is 10.4. The van der Waals surface area contributed by atoms with Gasteiger partial charge in [-0.25, -0.2) is 9.18 Å². The standard InChI is InChI=1S/C9H9FO2.C2H6/c1-5-3-4-7(9(11)12)8(10)6(5)2;1-2/h3-4H,1-2H3,(H,11,12);1-2H3. The van der Waals surface area contributed by atoms with Gasteiger partial charge in [0.1, 0.15) is 5.82 Å². The lowest BCUT2D eigenvalue weighted by Gasteiger charge is -2.03. The molecule has 1 aromatic carbocycles. The fourth-order valence-electron chi connectivity index (χ4n) is 0.947. The SMILES string of the molecule is CC.Cc1ccc(C(=O)O)c(F)c1C. The molecule has 0 aliphatic rings. The van der Waals surface area contributed by atoms with E-state index in [1.54, 1.807) is 19.9 Å². The van der Waals surface area contributed by atoms with Gasteiger partial charge in [0.25, 0.3) is 0 Å². The topological polar surface area (TPSA) is 37.3 Å². The molecule has 1 rings (SSSR count). The second kappa shape index (κ2) is 5.37. The summed E-state index contributed by atoms with van der Waals surface area (Å²) in [5.41, 5.74) is 0.894. The Kier molecular flexibility index (Phi) is 4.84. The van der Waals surface area contributed by atoms with Crippen molar-refractivity contribution in [2.24, 2.45) is 0 Å². The van der Waals surface area contributed by atoms with E-state index < -0.39 is 11.8 Å². The molecule has 0 spiro atoms. The second-order valence-electron chi connectivity index (χ2n) is 2.67. The highest BCUT2D eigenvalue weighted by Gasteiger charge is 2.12. The first-order valence-corrected chi connectivity index (χ1v) is 4.53. The van der Waals surface area contributed by atoms with E-state index in [2.05, 4.69) is 0 Å². The van der Waals surface area contributed by atoms with Gasteiger partial charge < -0.3 is 5.11 Å². The quantitative estimate of drug-likeness (QED) is 0.752. The molecule has 0 aromatic heterocycles. The monoisotopic (exact) mass is 198 g/mol. The minimum Gasteiger partial charge on any atom is -0.478 e. The summed E-state index contributed by atoms with van der Waals surface area (Å²) < 4.78 is 13.1. The fraction of sp³-hybridized carbons (Fsp3) is 0.364. The average Bonchev–Trinajstić information content (AvgIpc) is 2.17. The van der Waals surface area contributed by atoms with Gasteiger partial charge in [0, 0.05) is 0 Å².